The van der Waals surface area contributed by atoms with Crippen LogP contribution < -0.4 is 0 Å². The van der Waals surface area contributed by atoms with Gasteiger partial charge in [0.15, 0.2) is 0 Å². The van der Waals surface area contributed by atoms with Crippen LogP contribution in [-0.2, 0) is 23.7 Å². The van der Waals surface area contributed by atoms with E-state index >= 15 is 0 Å². The second-order valence-electron chi connectivity index (χ2n) is 23.0. The van der Waals surface area contributed by atoms with Gasteiger partial charge < -0.3 is 23.8 Å². The molecule has 0 aliphatic rings. The maximum absolute atomic E-state index is 13.1. The van der Waals surface area contributed by atoms with Crippen molar-refractivity contribution in [1.82, 2.24) is 4.90 Å². The van der Waals surface area contributed by atoms with Gasteiger partial charge in [-0.25, -0.2) is 0 Å². The van der Waals surface area contributed by atoms with Gasteiger partial charge in [-0.3, -0.25) is 4.79 Å². The lowest BCUT2D eigenvalue weighted by molar-refractivity contribution is -0.156. The highest BCUT2D eigenvalue weighted by Crippen LogP contribution is 2.26. The summed E-state index contributed by atoms with van der Waals surface area (Å²) in [6.45, 7) is 33.1. The number of carbonyl (C=O) groups is 1. The number of nitrogens with zero attached hydrogens (tertiary/aromatic N) is 1. The SMILES string of the molecule is CC(C)CCCC(C)CCCC(C)CCOCC(COCCC(C)CCCC(C)CCCC(C)C)(COCCC(C)CCCC(C)CCCC(C)C)COC(=O)CCCN(C)C. The number of rotatable bonds is 45. The maximum Gasteiger partial charge on any atom is 0.305 e. The average molecular weight is 881 g/mol. The lowest BCUT2D eigenvalue weighted by Gasteiger charge is -2.33. The summed E-state index contributed by atoms with van der Waals surface area (Å²) in [6.07, 6.45) is 28.2. The highest BCUT2D eigenvalue weighted by molar-refractivity contribution is 5.69. The molecule has 0 bridgehead atoms. The first kappa shape index (κ1) is 61.3. The van der Waals surface area contributed by atoms with Gasteiger partial charge in [0.05, 0.1) is 25.2 Å². The lowest BCUT2D eigenvalue weighted by Crippen LogP contribution is -2.42. The molecule has 0 aromatic heterocycles. The summed E-state index contributed by atoms with van der Waals surface area (Å²) in [5.41, 5.74) is -0.533. The molecule has 0 aliphatic carbocycles. The van der Waals surface area contributed by atoms with Crippen LogP contribution in [0.5, 0.6) is 0 Å². The molecular weight excluding hydrogens is 767 g/mol. The van der Waals surface area contributed by atoms with Gasteiger partial charge in [0.25, 0.3) is 0 Å². The Morgan fingerprint density at radius 2 is 0.661 bits per heavy atom. The van der Waals surface area contributed by atoms with Crippen LogP contribution in [0.4, 0.5) is 0 Å². The van der Waals surface area contributed by atoms with Gasteiger partial charge in [-0.05, 0) is 99.6 Å². The molecule has 0 fully saturated rings. The Hall–Kier alpha value is -0.690. The molecule has 6 atom stereocenters. The van der Waals surface area contributed by atoms with E-state index < -0.39 is 5.41 Å². The minimum Gasteiger partial charge on any atom is -0.465 e. The third-order valence-electron chi connectivity index (χ3n) is 13.6. The van der Waals surface area contributed by atoms with Crippen molar-refractivity contribution in [2.24, 2.45) is 58.7 Å². The molecule has 0 spiro atoms. The smallest absolute Gasteiger partial charge is 0.305 e. The molecule has 0 aliphatic heterocycles. The van der Waals surface area contributed by atoms with Crippen molar-refractivity contribution < 1.29 is 23.7 Å². The number of esters is 1. The molecule has 62 heavy (non-hydrogen) atoms. The topological polar surface area (TPSA) is 57.2 Å². The Kier molecular flexibility index (Phi) is 39.0. The van der Waals surface area contributed by atoms with Crippen LogP contribution in [0.2, 0.25) is 0 Å². The molecule has 372 valence electrons. The van der Waals surface area contributed by atoms with E-state index in [1.165, 1.54) is 116 Å². The van der Waals surface area contributed by atoms with Crippen molar-refractivity contribution in [3.8, 4) is 0 Å². The van der Waals surface area contributed by atoms with Crippen LogP contribution in [0.25, 0.3) is 0 Å². The van der Waals surface area contributed by atoms with Crippen LogP contribution >= 0.6 is 0 Å². The highest BCUT2D eigenvalue weighted by Gasteiger charge is 2.34. The lowest BCUT2D eigenvalue weighted by atomic mass is 9.91. The van der Waals surface area contributed by atoms with Crippen molar-refractivity contribution in [3.63, 3.8) is 0 Å². The molecule has 0 aromatic carbocycles. The van der Waals surface area contributed by atoms with E-state index in [9.17, 15) is 4.79 Å². The standard InChI is InChI=1S/C56H113NO5/c1-46(2)22-15-25-49(7)28-18-31-52(10)35-39-59-42-56(45-62-55(58)34-21-38-57(13)14,43-60-40-36-53(11)32-19-29-50(8)26-16-23-47(3)4)44-61-41-37-54(12)33-20-30-51(9)27-17-24-48(5)6/h46-54H,15-45H2,1-14H3. The molecule has 0 rings (SSSR count). The van der Waals surface area contributed by atoms with E-state index in [2.05, 4.69) is 88.0 Å². The van der Waals surface area contributed by atoms with Gasteiger partial charge in [0.2, 0.25) is 0 Å². The monoisotopic (exact) mass is 880 g/mol. The Balaban J connectivity index is 5.46. The summed E-state index contributed by atoms with van der Waals surface area (Å²) in [4.78, 5) is 15.2. The molecule has 0 aromatic rings. The van der Waals surface area contributed by atoms with Gasteiger partial charge in [-0.1, -0.05) is 199 Å². The maximum atomic E-state index is 13.1. The third-order valence-corrected chi connectivity index (χ3v) is 13.6. The van der Waals surface area contributed by atoms with E-state index in [0.717, 1.165) is 67.7 Å². The minimum absolute atomic E-state index is 0.137. The Labute approximate surface area is 389 Å². The second kappa shape index (κ2) is 39.5. The Morgan fingerprint density at radius 3 is 0.935 bits per heavy atom. The summed E-state index contributed by atoms with van der Waals surface area (Å²) < 4.78 is 25.7. The van der Waals surface area contributed by atoms with Gasteiger partial charge in [-0.15, -0.1) is 0 Å². The largest absolute Gasteiger partial charge is 0.465 e. The van der Waals surface area contributed by atoms with E-state index in [1.54, 1.807) is 0 Å². The summed E-state index contributed by atoms with van der Waals surface area (Å²) in [7, 11) is 4.09. The van der Waals surface area contributed by atoms with E-state index in [4.69, 9.17) is 18.9 Å². The predicted octanol–water partition coefficient (Wildman–Crippen LogP) is 15.9. The predicted molar refractivity (Wildman–Crippen MR) is 270 cm³/mol. The molecule has 6 unspecified atom stereocenters. The fraction of sp³-hybridized carbons (Fsp3) is 0.982. The summed E-state index contributed by atoms with van der Waals surface area (Å²) >= 11 is 0. The molecule has 6 nitrogen and oxygen atoms in total. The second-order valence-corrected chi connectivity index (χ2v) is 23.0. The fourth-order valence-electron chi connectivity index (χ4n) is 8.75. The van der Waals surface area contributed by atoms with Crippen LogP contribution in [0.3, 0.4) is 0 Å². The molecule has 0 saturated carbocycles. The summed E-state index contributed by atoms with van der Waals surface area (Å²) in [5.74, 6) is 6.62. The van der Waals surface area contributed by atoms with E-state index in [-0.39, 0.29) is 12.6 Å². The van der Waals surface area contributed by atoms with Gasteiger partial charge >= 0.3 is 5.97 Å². The van der Waals surface area contributed by atoms with Crippen molar-refractivity contribution in [2.75, 3.05) is 66.9 Å². The van der Waals surface area contributed by atoms with Crippen molar-refractivity contribution >= 4 is 5.97 Å². The van der Waals surface area contributed by atoms with Crippen molar-refractivity contribution in [1.29, 1.82) is 0 Å². The van der Waals surface area contributed by atoms with Gasteiger partial charge in [-0.2, -0.15) is 0 Å². The van der Waals surface area contributed by atoms with Crippen LogP contribution in [0, 0.1) is 58.7 Å². The third kappa shape index (κ3) is 39.7. The zero-order valence-electron chi connectivity index (χ0n) is 44.6. The average Bonchev–Trinajstić information content (AvgIpc) is 3.18. The molecule has 0 heterocycles. The fourth-order valence-corrected chi connectivity index (χ4v) is 8.75. The zero-order valence-corrected chi connectivity index (χ0v) is 44.6. The van der Waals surface area contributed by atoms with E-state index in [1.807, 2.05) is 14.1 Å². The quantitative estimate of drug-likeness (QED) is 0.0449. The minimum atomic E-state index is -0.533. The molecule has 6 heteroatoms. The number of hydrogen-bond donors (Lipinski definition) is 0. The first-order valence-electron chi connectivity index (χ1n) is 27.0. The van der Waals surface area contributed by atoms with Crippen molar-refractivity contribution in [3.05, 3.63) is 0 Å². The highest BCUT2D eigenvalue weighted by atomic mass is 16.5. The van der Waals surface area contributed by atoms with Crippen molar-refractivity contribution in [2.45, 2.75) is 231 Å². The number of hydrogen-bond acceptors (Lipinski definition) is 6. The first-order chi connectivity index (χ1) is 29.4. The first-order valence-corrected chi connectivity index (χ1v) is 27.0. The van der Waals surface area contributed by atoms with Gasteiger partial charge in [0, 0.05) is 26.2 Å². The van der Waals surface area contributed by atoms with Crippen LogP contribution in [0.1, 0.15) is 231 Å². The molecular formula is C56H113NO5. The molecule has 0 N–H and O–H groups in total. The van der Waals surface area contributed by atoms with Gasteiger partial charge in [0.1, 0.15) is 6.61 Å². The molecule has 0 saturated heterocycles. The Bertz CT molecular complexity index is 886. The Morgan fingerprint density at radius 1 is 0.387 bits per heavy atom. The van der Waals surface area contributed by atoms with Crippen LogP contribution in [-0.4, -0.2) is 77.8 Å². The summed E-state index contributed by atoms with van der Waals surface area (Å²) in [5, 5.41) is 0. The van der Waals surface area contributed by atoms with E-state index in [0.29, 0.717) is 63.8 Å². The number of carbonyl (C=O) groups excluding carboxylic acids is 1. The normalized spacial score (nSPS) is 16.2. The molecule has 0 amide bonds. The number of ether oxygens (including phenoxy) is 4. The molecule has 0 radical (unpaired) electrons. The summed E-state index contributed by atoms with van der Waals surface area (Å²) in [6, 6.07) is 0. The zero-order chi connectivity index (χ0) is 46.6. The van der Waals surface area contributed by atoms with Crippen LogP contribution in [0.15, 0.2) is 0 Å².